The highest BCUT2D eigenvalue weighted by Gasteiger charge is 2.54. The number of amides is 1. The molecule has 0 bridgehead atoms. The molecule has 0 radical (unpaired) electrons. The van der Waals surface area contributed by atoms with Crippen molar-refractivity contribution >= 4 is 5.91 Å². The minimum atomic E-state index is -4.91. The Labute approximate surface area is 189 Å². The molecule has 1 amide bonds. The number of fused-ring (bicyclic) bond motifs is 1. The van der Waals surface area contributed by atoms with E-state index in [1.54, 1.807) is 0 Å². The third-order valence-electron chi connectivity index (χ3n) is 6.30. The summed E-state index contributed by atoms with van der Waals surface area (Å²) in [5.41, 5.74) is -3.00. The molecule has 1 aliphatic heterocycles. The second-order valence-electron chi connectivity index (χ2n) is 9.10. The van der Waals surface area contributed by atoms with Crippen LogP contribution in [0.2, 0.25) is 0 Å². The molecule has 4 rings (SSSR count). The molecule has 3 fully saturated rings. The molecule has 4 nitrogen and oxygen atoms in total. The molecule has 186 valence electrons. The van der Waals surface area contributed by atoms with Gasteiger partial charge >= 0.3 is 12.4 Å². The molecule has 2 saturated carbocycles. The highest BCUT2D eigenvalue weighted by Crippen LogP contribution is 2.45. The van der Waals surface area contributed by atoms with E-state index in [9.17, 15) is 31.1 Å². The van der Waals surface area contributed by atoms with Crippen LogP contribution in [0.15, 0.2) is 18.2 Å². The summed E-state index contributed by atoms with van der Waals surface area (Å²) >= 11 is 0. The Balaban J connectivity index is 0.000000968. The standard InChI is InChI=1S/C20H22F6N2O2.C3H8/c21-19(22,23)12-3-10(4-13(6-12)20(24,25)26)7-27-18(29)11-1-2-14(5-11)28-17-15-8-30-9-16(15)17;1-3-2/h3-4,6,11,14-17,28H,1-2,5,7-9H2,(H,27,29);3H2,1-2H3. The van der Waals surface area contributed by atoms with E-state index in [-0.39, 0.29) is 36.0 Å². The monoisotopic (exact) mass is 480 g/mol. The third kappa shape index (κ3) is 6.62. The molecule has 1 heterocycles. The number of alkyl halides is 6. The first-order valence-electron chi connectivity index (χ1n) is 11.3. The van der Waals surface area contributed by atoms with Gasteiger partial charge in [-0.1, -0.05) is 20.3 Å². The van der Waals surface area contributed by atoms with Gasteiger partial charge in [0.25, 0.3) is 0 Å². The summed E-state index contributed by atoms with van der Waals surface area (Å²) in [5, 5.41) is 6.06. The predicted octanol–water partition coefficient (Wildman–Crippen LogP) is 5.16. The zero-order valence-corrected chi connectivity index (χ0v) is 18.7. The number of rotatable bonds is 5. The van der Waals surface area contributed by atoms with E-state index >= 15 is 0 Å². The van der Waals surface area contributed by atoms with Gasteiger partial charge in [-0.15, -0.1) is 0 Å². The van der Waals surface area contributed by atoms with Gasteiger partial charge < -0.3 is 15.4 Å². The molecular formula is C23H30F6N2O2. The van der Waals surface area contributed by atoms with E-state index in [4.69, 9.17) is 4.74 Å². The number of nitrogens with one attached hydrogen (secondary N) is 2. The normalized spacial score (nSPS) is 28.7. The summed E-state index contributed by atoms with van der Waals surface area (Å²) in [6.07, 6.45) is -6.50. The molecule has 0 aromatic heterocycles. The number of hydrogen-bond acceptors (Lipinski definition) is 3. The Morgan fingerprint density at radius 3 is 2.03 bits per heavy atom. The molecule has 2 N–H and O–H groups in total. The van der Waals surface area contributed by atoms with Gasteiger partial charge in [0.2, 0.25) is 5.91 Å². The first kappa shape index (κ1) is 25.8. The van der Waals surface area contributed by atoms with Gasteiger partial charge in [0.15, 0.2) is 0 Å². The van der Waals surface area contributed by atoms with Gasteiger partial charge in [-0.25, -0.2) is 0 Å². The fourth-order valence-electron chi connectivity index (χ4n) is 4.59. The Kier molecular flexibility index (Phi) is 7.99. The number of halogens is 6. The van der Waals surface area contributed by atoms with Gasteiger partial charge in [0.05, 0.1) is 24.3 Å². The van der Waals surface area contributed by atoms with Crippen molar-refractivity contribution in [1.29, 1.82) is 0 Å². The zero-order valence-electron chi connectivity index (χ0n) is 18.7. The molecule has 1 saturated heterocycles. The highest BCUT2D eigenvalue weighted by molar-refractivity contribution is 5.79. The Morgan fingerprint density at radius 1 is 0.970 bits per heavy atom. The number of ether oxygens (including phenoxy) is 1. The average molecular weight is 480 g/mol. The molecule has 2 aliphatic carbocycles. The summed E-state index contributed by atoms with van der Waals surface area (Å²) < 4.78 is 83.0. The fraction of sp³-hybridized carbons (Fsp3) is 0.696. The molecule has 10 heteroatoms. The van der Waals surface area contributed by atoms with Crippen LogP contribution in [0.3, 0.4) is 0 Å². The lowest BCUT2D eigenvalue weighted by atomic mass is 10.0. The largest absolute Gasteiger partial charge is 0.416 e. The predicted molar refractivity (Wildman–Crippen MR) is 110 cm³/mol. The third-order valence-corrected chi connectivity index (χ3v) is 6.30. The van der Waals surface area contributed by atoms with Crippen molar-refractivity contribution in [3.8, 4) is 0 Å². The molecule has 1 aromatic carbocycles. The maximum Gasteiger partial charge on any atom is 0.416 e. The van der Waals surface area contributed by atoms with Crippen LogP contribution >= 0.6 is 0 Å². The molecule has 3 aliphatic rings. The van der Waals surface area contributed by atoms with E-state index in [1.165, 1.54) is 6.42 Å². The Bertz CT molecular complexity index is 784. The van der Waals surface area contributed by atoms with E-state index in [2.05, 4.69) is 24.5 Å². The second-order valence-corrected chi connectivity index (χ2v) is 9.10. The lowest BCUT2D eigenvalue weighted by Gasteiger charge is -2.16. The van der Waals surface area contributed by atoms with E-state index in [0.29, 0.717) is 42.9 Å². The first-order valence-corrected chi connectivity index (χ1v) is 11.3. The molecule has 33 heavy (non-hydrogen) atoms. The van der Waals surface area contributed by atoms with Gasteiger partial charge in [-0.05, 0) is 43.0 Å². The smallest absolute Gasteiger partial charge is 0.381 e. The number of carbonyl (C=O) groups excluding carboxylic acids is 1. The number of benzene rings is 1. The minimum absolute atomic E-state index is 0.0802. The van der Waals surface area contributed by atoms with Gasteiger partial charge in [-0.2, -0.15) is 26.3 Å². The summed E-state index contributed by atoms with van der Waals surface area (Å²) in [6, 6.07) is 1.99. The van der Waals surface area contributed by atoms with Crippen LogP contribution in [0.4, 0.5) is 26.3 Å². The van der Waals surface area contributed by atoms with Crippen LogP contribution in [-0.2, 0) is 28.4 Å². The summed E-state index contributed by atoms with van der Waals surface area (Å²) in [6.45, 7) is 5.39. The molecule has 4 atom stereocenters. The number of hydrogen-bond donors (Lipinski definition) is 2. The van der Waals surface area contributed by atoms with E-state index < -0.39 is 23.5 Å². The number of carbonyl (C=O) groups is 1. The Morgan fingerprint density at radius 2 is 1.52 bits per heavy atom. The molecular weight excluding hydrogens is 450 g/mol. The second kappa shape index (κ2) is 10.2. The van der Waals surface area contributed by atoms with Crippen molar-refractivity contribution in [3.63, 3.8) is 0 Å². The van der Waals surface area contributed by atoms with E-state index in [0.717, 1.165) is 19.6 Å². The summed E-state index contributed by atoms with van der Waals surface area (Å²) in [4.78, 5) is 12.4. The van der Waals surface area contributed by atoms with Gasteiger partial charge in [0.1, 0.15) is 0 Å². The molecule has 0 spiro atoms. The van der Waals surface area contributed by atoms with Crippen molar-refractivity contribution < 1.29 is 35.9 Å². The van der Waals surface area contributed by atoms with Gasteiger partial charge in [-0.3, -0.25) is 4.79 Å². The van der Waals surface area contributed by atoms with Crippen molar-refractivity contribution in [2.75, 3.05) is 13.2 Å². The summed E-state index contributed by atoms with van der Waals surface area (Å²) in [7, 11) is 0. The highest BCUT2D eigenvalue weighted by atomic mass is 19.4. The Hall–Kier alpha value is -1.81. The van der Waals surface area contributed by atoms with Crippen LogP contribution in [0.1, 0.15) is 56.2 Å². The SMILES string of the molecule is CCC.O=C(NCc1cc(C(F)(F)F)cc(C(F)(F)F)c1)C1CCC(NC2C3COCC32)C1. The molecule has 4 unspecified atom stereocenters. The van der Waals surface area contributed by atoms with Crippen LogP contribution in [0.5, 0.6) is 0 Å². The fourth-order valence-corrected chi connectivity index (χ4v) is 4.59. The van der Waals surface area contributed by atoms with Crippen molar-refractivity contribution in [2.24, 2.45) is 17.8 Å². The topological polar surface area (TPSA) is 50.4 Å². The van der Waals surface area contributed by atoms with Crippen LogP contribution < -0.4 is 10.6 Å². The maximum absolute atomic E-state index is 12.9. The van der Waals surface area contributed by atoms with Gasteiger partial charge in [0, 0.05) is 36.4 Å². The van der Waals surface area contributed by atoms with Crippen LogP contribution in [-0.4, -0.2) is 31.2 Å². The minimum Gasteiger partial charge on any atom is -0.381 e. The van der Waals surface area contributed by atoms with Crippen LogP contribution in [0.25, 0.3) is 0 Å². The molecule has 1 aromatic rings. The lowest BCUT2D eigenvalue weighted by Crippen LogP contribution is -2.34. The van der Waals surface area contributed by atoms with Crippen LogP contribution in [0, 0.1) is 17.8 Å². The first-order chi connectivity index (χ1) is 15.4. The quantitative estimate of drug-likeness (QED) is 0.573. The van der Waals surface area contributed by atoms with E-state index in [1.807, 2.05) is 0 Å². The van der Waals surface area contributed by atoms with Crippen molar-refractivity contribution in [2.45, 2.75) is 70.5 Å². The zero-order chi connectivity index (χ0) is 24.4. The lowest BCUT2D eigenvalue weighted by molar-refractivity contribution is -0.143. The average Bonchev–Trinajstić information content (AvgIpc) is 3.10. The summed E-state index contributed by atoms with van der Waals surface area (Å²) in [5.74, 6) is 0.443. The van der Waals surface area contributed by atoms with Crippen molar-refractivity contribution in [3.05, 3.63) is 34.9 Å². The maximum atomic E-state index is 12.9. The van der Waals surface area contributed by atoms with Crippen molar-refractivity contribution in [1.82, 2.24) is 10.6 Å².